The molecule has 0 fully saturated rings. The molecule has 0 aliphatic carbocycles. The Morgan fingerprint density at radius 3 is 2.81 bits per heavy atom. The van der Waals surface area contributed by atoms with E-state index in [-0.39, 0.29) is 11.4 Å². The number of hydrogen-bond donors (Lipinski definition) is 0. The molecule has 104 valence electrons. The Morgan fingerprint density at radius 1 is 1.29 bits per heavy atom. The van der Waals surface area contributed by atoms with Gasteiger partial charge in [0.15, 0.2) is 0 Å². The summed E-state index contributed by atoms with van der Waals surface area (Å²) in [6.45, 7) is 1.98. The Hall–Kier alpha value is -2.38. The Kier molecular flexibility index (Phi) is 3.36. The maximum atomic E-state index is 13.3. The topological polar surface area (TPSA) is 41.6 Å². The zero-order valence-corrected chi connectivity index (χ0v) is 12.0. The largest absolute Gasteiger partial charge is 0.294 e. The highest BCUT2D eigenvalue weighted by atomic mass is 35.5. The molecule has 3 nitrogen and oxygen atoms in total. The van der Waals surface area contributed by atoms with E-state index in [2.05, 4.69) is 4.98 Å². The first kappa shape index (κ1) is 13.6. The number of hydrogen-bond acceptors (Lipinski definition) is 2. The van der Waals surface area contributed by atoms with E-state index in [1.807, 2.05) is 31.2 Å². The molecule has 0 radical (unpaired) electrons. The van der Waals surface area contributed by atoms with Gasteiger partial charge in [0.05, 0.1) is 28.2 Å². The van der Waals surface area contributed by atoms with Crippen LogP contribution in [0.3, 0.4) is 0 Å². The molecule has 0 aliphatic rings. The predicted octanol–water partition coefficient (Wildman–Crippen LogP) is 4.08. The second-order valence-corrected chi connectivity index (χ2v) is 5.03. The summed E-state index contributed by atoms with van der Waals surface area (Å²) in [5, 5.41) is 9.24. The Morgan fingerprint density at radius 2 is 2.10 bits per heavy atom. The number of nitrogens with zero attached hydrogens (tertiary/aromatic N) is 3. The number of alkyl halides is 1. The molecule has 1 aromatic heterocycles. The second-order valence-electron chi connectivity index (χ2n) is 4.76. The van der Waals surface area contributed by atoms with Crippen LogP contribution in [0.1, 0.15) is 17.0 Å². The van der Waals surface area contributed by atoms with Crippen molar-refractivity contribution in [2.75, 3.05) is 0 Å². The number of benzene rings is 2. The summed E-state index contributed by atoms with van der Waals surface area (Å²) in [7, 11) is 0. The van der Waals surface area contributed by atoms with E-state index >= 15 is 0 Å². The monoisotopic (exact) mass is 299 g/mol. The fourth-order valence-electron chi connectivity index (χ4n) is 2.39. The number of nitriles is 1. The molecule has 0 saturated heterocycles. The molecule has 0 atom stereocenters. The van der Waals surface area contributed by atoms with Crippen molar-refractivity contribution in [2.24, 2.45) is 0 Å². The smallest absolute Gasteiger partial charge is 0.129 e. The molecule has 5 heteroatoms. The highest BCUT2D eigenvalue weighted by Crippen LogP contribution is 2.26. The van der Waals surface area contributed by atoms with Crippen molar-refractivity contribution < 1.29 is 4.39 Å². The first-order chi connectivity index (χ1) is 10.1. The van der Waals surface area contributed by atoms with Crippen LogP contribution in [0.4, 0.5) is 4.39 Å². The van der Waals surface area contributed by atoms with Gasteiger partial charge in [-0.2, -0.15) is 5.26 Å². The van der Waals surface area contributed by atoms with Gasteiger partial charge >= 0.3 is 0 Å². The summed E-state index contributed by atoms with van der Waals surface area (Å²) in [6.07, 6.45) is 0. The minimum Gasteiger partial charge on any atom is -0.294 e. The van der Waals surface area contributed by atoms with Crippen molar-refractivity contribution in [2.45, 2.75) is 12.8 Å². The van der Waals surface area contributed by atoms with E-state index in [0.717, 1.165) is 16.6 Å². The number of imidazole rings is 1. The van der Waals surface area contributed by atoms with Gasteiger partial charge in [-0.1, -0.05) is 6.07 Å². The molecule has 21 heavy (non-hydrogen) atoms. The Bertz CT molecular complexity index is 877. The number of halogens is 2. The van der Waals surface area contributed by atoms with Crippen LogP contribution in [-0.4, -0.2) is 9.55 Å². The molecule has 0 amide bonds. The third-order valence-corrected chi connectivity index (χ3v) is 3.56. The molecule has 0 N–H and O–H groups in total. The minimum absolute atomic E-state index is 0.204. The Balaban J connectivity index is 2.37. The van der Waals surface area contributed by atoms with Crippen LogP contribution in [-0.2, 0) is 5.88 Å². The van der Waals surface area contributed by atoms with Gasteiger partial charge in [-0.25, -0.2) is 9.37 Å². The van der Waals surface area contributed by atoms with Gasteiger partial charge < -0.3 is 0 Å². The fraction of sp³-hybridized carbons (Fsp3) is 0.125. The predicted molar refractivity (Wildman–Crippen MR) is 80.0 cm³/mol. The molecule has 0 unspecified atom stereocenters. The number of aryl methyl sites for hydroxylation is 1. The average Bonchev–Trinajstić information content (AvgIpc) is 2.84. The van der Waals surface area contributed by atoms with E-state index in [0.29, 0.717) is 11.5 Å². The number of aromatic nitrogens is 2. The van der Waals surface area contributed by atoms with E-state index in [9.17, 15) is 9.65 Å². The van der Waals surface area contributed by atoms with Crippen molar-refractivity contribution in [3.8, 4) is 11.8 Å². The summed E-state index contributed by atoms with van der Waals surface area (Å²) >= 11 is 5.98. The van der Waals surface area contributed by atoms with Crippen LogP contribution in [0.2, 0.25) is 0 Å². The van der Waals surface area contributed by atoms with Crippen molar-refractivity contribution >= 4 is 22.6 Å². The lowest BCUT2D eigenvalue weighted by Crippen LogP contribution is -2.02. The molecule has 0 spiro atoms. The number of rotatable bonds is 2. The molecule has 0 aliphatic heterocycles. The van der Waals surface area contributed by atoms with Crippen LogP contribution in [0, 0.1) is 24.1 Å². The van der Waals surface area contributed by atoms with Crippen molar-refractivity contribution in [3.63, 3.8) is 0 Å². The van der Waals surface area contributed by atoms with Crippen molar-refractivity contribution in [1.82, 2.24) is 9.55 Å². The molecule has 3 rings (SSSR count). The van der Waals surface area contributed by atoms with Crippen molar-refractivity contribution in [3.05, 3.63) is 59.2 Å². The summed E-state index contributed by atoms with van der Waals surface area (Å²) in [6, 6.07) is 12.0. The van der Waals surface area contributed by atoms with E-state index in [1.165, 1.54) is 12.1 Å². The summed E-state index contributed by atoms with van der Waals surface area (Å²) < 4.78 is 15.1. The molecule has 3 aromatic rings. The van der Waals surface area contributed by atoms with E-state index in [1.54, 1.807) is 10.6 Å². The standard InChI is InChI=1S/C16H11ClFN3/c1-10-2-4-15-13(6-10)20-16(8-17)21(15)14-5-3-12(18)7-11(14)9-19/h2-7H,8H2,1H3. The van der Waals surface area contributed by atoms with Gasteiger partial charge in [-0.15, -0.1) is 11.6 Å². The van der Waals surface area contributed by atoms with Crippen LogP contribution < -0.4 is 0 Å². The highest BCUT2D eigenvalue weighted by molar-refractivity contribution is 6.17. The lowest BCUT2D eigenvalue weighted by molar-refractivity contribution is 0.627. The van der Waals surface area contributed by atoms with E-state index in [4.69, 9.17) is 11.6 Å². The average molecular weight is 300 g/mol. The maximum absolute atomic E-state index is 13.3. The molecule has 1 heterocycles. The van der Waals surface area contributed by atoms with Gasteiger partial charge in [0.1, 0.15) is 17.7 Å². The molecular formula is C16H11ClFN3. The first-order valence-electron chi connectivity index (χ1n) is 6.38. The van der Waals surface area contributed by atoms with Crippen molar-refractivity contribution in [1.29, 1.82) is 5.26 Å². The van der Waals surface area contributed by atoms with E-state index < -0.39 is 5.82 Å². The molecule has 0 bridgehead atoms. The zero-order chi connectivity index (χ0) is 15.0. The summed E-state index contributed by atoms with van der Waals surface area (Å²) in [5.41, 5.74) is 3.58. The second kappa shape index (κ2) is 5.19. The Labute approximate surface area is 126 Å². The highest BCUT2D eigenvalue weighted by Gasteiger charge is 2.15. The SMILES string of the molecule is Cc1ccc2c(c1)nc(CCl)n2-c1ccc(F)cc1C#N. The van der Waals surface area contributed by atoms with Gasteiger partial charge in [-0.3, -0.25) is 4.57 Å². The van der Waals surface area contributed by atoms with Gasteiger partial charge in [-0.05, 0) is 42.8 Å². The lowest BCUT2D eigenvalue weighted by atomic mass is 10.1. The zero-order valence-electron chi connectivity index (χ0n) is 11.3. The van der Waals surface area contributed by atoms with Gasteiger partial charge in [0.25, 0.3) is 0 Å². The van der Waals surface area contributed by atoms with Crippen LogP contribution >= 0.6 is 11.6 Å². The summed E-state index contributed by atoms with van der Waals surface area (Å²) in [5.74, 6) is 0.388. The third kappa shape index (κ3) is 2.26. The minimum atomic E-state index is -0.442. The van der Waals surface area contributed by atoms with Crippen LogP contribution in [0.15, 0.2) is 36.4 Å². The quantitative estimate of drug-likeness (QED) is 0.669. The first-order valence-corrected chi connectivity index (χ1v) is 6.91. The normalized spacial score (nSPS) is 10.8. The van der Waals surface area contributed by atoms with Crippen LogP contribution in [0.5, 0.6) is 0 Å². The molecular weight excluding hydrogens is 289 g/mol. The fourth-order valence-corrected chi connectivity index (χ4v) is 2.57. The summed E-state index contributed by atoms with van der Waals surface area (Å²) in [4.78, 5) is 4.49. The van der Waals surface area contributed by atoms with Crippen LogP contribution in [0.25, 0.3) is 16.7 Å². The number of fused-ring (bicyclic) bond motifs is 1. The van der Waals surface area contributed by atoms with Gasteiger partial charge in [0, 0.05) is 0 Å². The maximum Gasteiger partial charge on any atom is 0.129 e. The molecule has 2 aromatic carbocycles. The lowest BCUT2D eigenvalue weighted by Gasteiger charge is -2.09. The van der Waals surface area contributed by atoms with Gasteiger partial charge in [0.2, 0.25) is 0 Å². The molecule has 0 saturated carbocycles. The third-order valence-electron chi connectivity index (χ3n) is 3.32.